The first-order valence-corrected chi connectivity index (χ1v) is 9.96. The minimum Gasteiger partial charge on any atom is -0.439 e. The molecule has 160 valence electrons. The first kappa shape index (κ1) is 23.7. The van der Waals surface area contributed by atoms with Gasteiger partial charge in [-0.05, 0) is 25.3 Å². The highest BCUT2D eigenvalue weighted by Gasteiger charge is 2.35. The monoisotopic (exact) mass is 440 g/mol. The Morgan fingerprint density at radius 1 is 1.10 bits per heavy atom. The van der Waals surface area contributed by atoms with E-state index in [1.807, 2.05) is 35.2 Å². The fourth-order valence-corrected chi connectivity index (χ4v) is 4.32. The quantitative estimate of drug-likeness (QED) is 0.772. The van der Waals surface area contributed by atoms with Gasteiger partial charge >= 0.3 is 0 Å². The van der Waals surface area contributed by atoms with Crippen LogP contribution in [-0.2, 0) is 11.3 Å². The average molecular weight is 441 g/mol. The van der Waals surface area contributed by atoms with Crippen LogP contribution in [0, 0.1) is 11.8 Å². The highest BCUT2D eigenvalue weighted by atomic mass is 35.5. The van der Waals surface area contributed by atoms with Crippen LogP contribution in [0.3, 0.4) is 0 Å². The van der Waals surface area contributed by atoms with E-state index in [0.29, 0.717) is 24.9 Å². The molecule has 2 N–H and O–H groups in total. The predicted molar refractivity (Wildman–Crippen MR) is 118 cm³/mol. The van der Waals surface area contributed by atoms with E-state index >= 15 is 0 Å². The lowest BCUT2D eigenvalue weighted by Gasteiger charge is -2.36. The van der Waals surface area contributed by atoms with Crippen molar-refractivity contribution >= 4 is 30.7 Å². The number of nitrogens with two attached hydrogens (primary N) is 1. The molecule has 6 nitrogen and oxygen atoms in total. The number of rotatable bonds is 5. The standard InChI is InChI=1S/C21H28N4O2.2ClH/c22-13-17-7-4-8-18(17)21(26)25-11-9-24(10-12-25)15-20-23-14-19(27-20)16-5-2-1-3-6-16;;/h1-3,5-6,14,17-18H,4,7-13,15,22H2;2*1H/t17-,18-;;/m1../s1. The molecule has 4 rings (SSSR count). The average Bonchev–Trinajstić information content (AvgIpc) is 3.38. The summed E-state index contributed by atoms with van der Waals surface area (Å²) in [4.78, 5) is 21.6. The number of carbonyl (C=O) groups excluding carboxylic acids is 1. The van der Waals surface area contributed by atoms with Crippen LogP contribution in [0.2, 0.25) is 0 Å². The van der Waals surface area contributed by atoms with Crippen molar-refractivity contribution in [2.24, 2.45) is 17.6 Å². The van der Waals surface area contributed by atoms with E-state index < -0.39 is 0 Å². The summed E-state index contributed by atoms with van der Waals surface area (Å²) in [7, 11) is 0. The minimum atomic E-state index is 0. The zero-order valence-corrected chi connectivity index (χ0v) is 18.2. The van der Waals surface area contributed by atoms with Gasteiger partial charge in [0.25, 0.3) is 0 Å². The molecule has 2 aromatic rings. The first-order chi connectivity index (χ1) is 13.2. The van der Waals surface area contributed by atoms with Gasteiger partial charge in [-0.25, -0.2) is 4.98 Å². The smallest absolute Gasteiger partial charge is 0.226 e. The maximum Gasteiger partial charge on any atom is 0.226 e. The Labute approximate surface area is 184 Å². The number of aromatic nitrogens is 1. The van der Waals surface area contributed by atoms with Gasteiger partial charge in [0.15, 0.2) is 5.76 Å². The number of benzene rings is 1. The normalized spacial score (nSPS) is 22.0. The molecular formula is C21H30Cl2N4O2. The molecule has 2 fully saturated rings. The van der Waals surface area contributed by atoms with Crippen molar-refractivity contribution in [3.05, 3.63) is 42.4 Å². The van der Waals surface area contributed by atoms with Crippen molar-refractivity contribution in [2.75, 3.05) is 32.7 Å². The third-order valence-corrected chi connectivity index (χ3v) is 5.93. The van der Waals surface area contributed by atoms with E-state index in [4.69, 9.17) is 10.2 Å². The zero-order valence-electron chi connectivity index (χ0n) is 16.5. The van der Waals surface area contributed by atoms with Gasteiger partial charge in [-0.1, -0.05) is 36.8 Å². The van der Waals surface area contributed by atoms with Crippen molar-refractivity contribution < 1.29 is 9.21 Å². The molecule has 0 spiro atoms. The molecule has 2 atom stereocenters. The van der Waals surface area contributed by atoms with Gasteiger partial charge in [0.2, 0.25) is 11.8 Å². The zero-order chi connectivity index (χ0) is 18.6. The molecule has 8 heteroatoms. The van der Waals surface area contributed by atoms with Crippen molar-refractivity contribution in [1.82, 2.24) is 14.8 Å². The topological polar surface area (TPSA) is 75.6 Å². The van der Waals surface area contributed by atoms with Crippen LogP contribution >= 0.6 is 24.8 Å². The molecule has 1 aliphatic carbocycles. The number of halogens is 2. The van der Waals surface area contributed by atoms with Crippen LogP contribution in [0.5, 0.6) is 0 Å². The third-order valence-electron chi connectivity index (χ3n) is 5.93. The van der Waals surface area contributed by atoms with Crippen molar-refractivity contribution in [3.8, 4) is 11.3 Å². The summed E-state index contributed by atoms with van der Waals surface area (Å²) in [6.07, 6.45) is 5.02. The Morgan fingerprint density at radius 3 is 2.52 bits per heavy atom. The largest absolute Gasteiger partial charge is 0.439 e. The van der Waals surface area contributed by atoms with Crippen molar-refractivity contribution in [1.29, 1.82) is 0 Å². The van der Waals surface area contributed by atoms with Crippen molar-refractivity contribution in [2.45, 2.75) is 25.8 Å². The molecule has 29 heavy (non-hydrogen) atoms. The van der Waals surface area contributed by atoms with Crippen LogP contribution in [-0.4, -0.2) is 53.4 Å². The van der Waals surface area contributed by atoms with Crippen LogP contribution in [0.15, 0.2) is 40.9 Å². The maximum atomic E-state index is 12.8. The van der Waals surface area contributed by atoms with Gasteiger partial charge in [0, 0.05) is 37.7 Å². The van der Waals surface area contributed by atoms with Gasteiger partial charge in [-0.3, -0.25) is 9.69 Å². The predicted octanol–water partition coefficient (Wildman–Crippen LogP) is 3.20. The van der Waals surface area contributed by atoms with Crippen LogP contribution in [0.4, 0.5) is 0 Å². The molecule has 1 aromatic carbocycles. The van der Waals surface area contributed by atoms with E-state index in [1.54, 1.807) is 6.20 Å². The third kappa shape index (κ3) is 5.51. The van der Waals surface area contributed by atoms with Gasteiger partial charge in [-0.2, -0.15) is 0 Å². The van der Waals surface area contributed by atoms with E-state index in [2.05, 4.69) is 9.88 Å². The van der Waals surface area contributed by atoms with Gasteiger partial charge in [0.05, 0.1) is 12.7 Å². The van der Waals surface area contributed by atoms with E-state index in [0.717, 1.165) is 62.7 Å². The summed E-state index contributed by atoms with van der Waals surface area (Å²) in [6, 6.07) is 10.0. The number of carbonyl (C=O) groups is 1. The fourth-order valence-electron chi connectivity index (χ4n) is 4.32. The number of nitrogens with zero attached hydrogens (tertiary/aromatic N) is 3. The number of amides is 1. The number of hydrogen-bond acceptors (Lipinski definition) is 5. The Hall–Kier alpha value is -1.60. The summed E-state index contributed by atoms with van der Waals surface area (Å²) >= 11 is 0. The highest BCUT2D eigenvalue weighted by Crippen LogP contribution is 2.32. The fraction of sp³-hybridized carbons (Fsp3) is 0.524. The van der Waals surface area contributed by atoms with E-state index in [1.165, 1.54) is 0 Å². The van der Waals surface area contributed by atoms with Gasteiger partial charge in [-0.15, -0.1) is 24.8 Å². The highest BCUT2D eigenvalue weighted by molar-refractivity contribution is 5.85. The Kier molecular flexibility index (Phi) is 8.96. The lowest BCUT2D eigenvalue weighted by molar-refractivity contribution is -0.138. The van der Waals surface area contributed by atoms with E-state index in [-0.39, 0.29) is 30.7 Å². The number of piperazine rings is 1. The number of hydrogen-bond donors (Lipinski definition) is 1. The van der Waals surface area contributed by atoms with Gasteiger partial charge < -0.3 is 15.1 Å². The Bertz CT molecular complexity index is 763. The second kappa shape index (κ2) is 11.0. The summed E-state index contributed by atoms with van der Waals surface area (Å²) < 4.78 is 5.91. The molecule has 0 bridgehead atoms. The molecule has 2 heterocycles. The molecule has 1 saturated heterocycles. The Balaban J connectivity index is 0.00000150. The summed E-state index contributed by atoms with van der Waals surface area (Å²) in [5.41, 5.74) is 6.89. The van der Waals surface area contributed by atoms with E-state index in [9.17, 15) is 4.79 Å². The molecule has 1 saturated carbocycles. The van der Waals surface area contributed by atoms with Gasteiger partial charge in [0.1, 0.15) is 0 Å². The summed E-state index contributed by atoms with van der Waals surface area (Å²) in [5.74, 6) is 2.35. The first-order valence-electron chi connectivity index (χ1n) is 9.96. The molecule has 2 aliphatic rings. The summed E-state index contributed by atoms with van der Waals surface area (Å²) in [5, 5.41) is 0. The van der Waals surface area contributed by atoms with Crippen LogP contribution in [0.1, 0.15) is 25.2 Å². The van der Waals surface area contributed by atoms with Crippen molar-refractivity contribution in [3.63, 3.8) is 0 Å². The minimum absolute atomic E-state index is 0. The molecule has 0 radical (unpaired) electrons. The molecular weight excluding hydrogens is 411 g/mol. The molecule has 1 amide bonds. The maximum absolute atomic E-state index is 12.8. The number of oxazole rings is 1. The molecule has 0 unspecified atom stereocenters. The summed E-state index contributed by atoms with van der Waals surface area (Å²) in [6.45, 7) is 4.58. The Morgan fingerprint density at radius 2 is 1.83 bits per heavy atom. The lowest BCUT2D eigenvalue weighted by atomic mass is 9.94. The molecule has 1 aliphatic heterocycles. The van der Waals surface area contributed by atoms with Crippen LogP contribution < -0.4 is 5.73 Å². The second-order valence-corrected chi connectivity index (χ2v) is 7.62. The van der Waals surface area contributed by atoms with Crippen LogP contribution in [0.25, 0.3) is 11.3 Å². The second-order valence-electron chi connectivity index (χ2n) is 7.62. The lowest BCUT2D eigenvalue weighted by Crippen LogP contribution is -2.50. The molecule has 1 aromatic heterocycles. The SMILES string of the molecule is Cl.Cl.NC[C@H]1CCC[C@H]1C(=O)N1CCN(Cc2ncc(-c3ccccc3)o2)CC1.